The van der Waals surface area contributed by atoms with E-state index in [1.54, 1.807) is 30.3 Å². The van der Waals surface area contributed by atoms with E-state index < -0.39 is 11.9 Å². The number of phenolic OH excluding ortho intramolecular Hbond substituents is 1. The minimum absolute atomic E-state index is 0. The molecule has 5 heteroatoms. The molecule has 22 heavy (non-hydrogen) atoms. The molecule has 0 heterocycles. The Morgan fingerprint density at radius 1 is 1.09 bits per heavy atom. The molecule has 3 rings (SSSR count). The summed E-state index contributed by atoms with van der Waals surface area (Å²) in [5.41, 5.74) is 2.18. The van der Waals surface area contributed by atoms with Crippen LogP contribution in [-0.2, 0) is 11.2 Å². The van der Waals surface area contributed by atoms with Gasteiger partial charge in [0.2, 0.25) is 0 Å². The van der Waals surface area contributed by atoms with Gasteiger partial charge in [-0.2, -0.15) is 0 Å². The standard InChI is InChI=1S/C17H14O4.Na.H/c18-15-9-13-11(6-7-12(13)17(20)21)8-14(15)16(19)10-4-2-1-3-5-10;;/h1-5,8-9,12,18H,6-7H2,(H,20,21);;. The number of hydrogen-bond donors (Lipinski definition) is 2. The number of aliphatic carboxylic acids is 1. The van der Waals surface area contributed by atoms with Crippen molar-refractivity contribution in [2.45, 2.75) is 18.8 Å². The molecule has 0 bridgehead atoms. The van der Waals surface area contributed by atoms with Crippen LogP contribution in [0.1, 0.15) is 39.4 Å². The molecule has 0 radical (unpaired) electrons. The summed E-state index contributed by atoms with van der Waals surface area (Å²) >= 11 is 0. The maximum atomic E-state index is 12.4. The Bertz CT molecular complexity index is 725. The average molecular weight is 306 g/mol. The number of aromatic hydroxyl groups is 1. The number of aryl methyl sites for hydroxylation is 1. The number of benzene rings is 2. The third-order valence-electron chi connectivity index (χ3n) is 3.91. The van der Waals surface area contributed by atoms with Gasteiger partial charge in [0.15, 0.2) is 5.78 Å². The van der Waals surface area contributed by atoms with Crippen molar-refractivity contribution in [3.8, 4) is 5.75 Å². The Kier molecular flexibility index (Phi) is 5.06. The number of rotatable bonds is 3. The van der Waals surface area contributed by atoms with Gasteiger partial charge in [0.05, 0.1) is 11.5 Å². The van der Waals surface area contributed by atoms with Gasteiger partial charge in [-0.05, 0) is 36.1 Å². The van der Waals surface area contributed by atoms with Gasteiger partial charge in [0.1, 0.15) is 5.75 Å². The molecule has 1 atom stereocenters. The van der Waals surface area contributed by atoms with Crippen LogP contribution in [0.2, 0.25) is 0 Å². The van der Waals surface area contributed by atoms with Crippen LogP contribution in [0.15, 0.2) is 42.5 Å². The molecular weight excluding hydrogens is 291 g/mol. The van der Waals surface area contributed by atoms with Crippen LogP contribution >= 0.6 is 0 Å². The SMILES string of the molecule is O=C(c1ccccc1)c1cc2c(cc1O)C(C(=O)O)CC2.[NaH]. The molecule has 0 saturated carbocycles. The summed E-state index contributed by atoms with van der Waals surface area (Å²) in [6.07, 6.45) is 1.12. The summed E-state index contributed by atoms with van der Waals surface area (Å²) < 4.78 is 0. The predicted molar refractivity (Wildman–Crippen MR) is 83.8 cm³/mol. The maximum absolute atomic E-state index is 12.4. The predicted octanol–water partition coefficient (Wildman–Crippen LogP) is 2.09. The van der Waals surface area contributed by atoms with Gasteiger partial charge in [-0.15, -0.1) is 0 Å². The Labute approximate surface area is 150 Å². The van der Waals surface area contributed by atoms with Crippen molar-refractivity contribution in [1.82, 2.24) is 0 Å². The second kappa shape index (κ2) is 6.65. The molecular formula is C17H15NaO4. The van der Waals surface area contributed by atoms with Crippen molar-refractivity contribution >= 4 is 41.3 Å². The molecule has 0 aliphatic heterocycles. The minimum atomic E-state index is -0.893. The number of phenols is 1. The van der Waals surface area contributed by atoms with Crippen LogP contribution in [0.25, 0.3) is 0 Å². The second-order valence-electron chi connectivity index (χ2n) is 5.19. The molecule has 1 unspecified atom stereocenters. The van der Waals surface area contributed by atoms with Gasteiger partial charge in [-0.25, -0.2) is 0 Å². The fourth-order valence-electron chi connectivity index (χ4n) is 2.83. The van der Waals surface area contributed by atoms with E-state index in [-0.39, 0.29) is 46.7 Å². The zero-order valence-electron chi connectivity index (χ0n) is 11.2. The molecule has 0 saturated heterocycles. The molecule has 1 aliphatic carbocycles. The first kappa shape index (κ1) is 16.7. The Morgan fingerprint density at radius 2 is 1.77 bits per heavy atom. The van der Waals surface area contributed by atoms with Crippen molar-refractivity contribution in [2.75, 3.05) is 0 Å². The van der Waals surface area contributed by atoms with E-state index in [4.69, 9.17) is 5.11 Å². The van der Waals surface area contributed by atoms with E-state index in [0.29, 0.717) is 24.0 Å². The van der Waals surface area contributed by atoms with E-state index in [1.165, 1.54) is 6.07 Å². The van der Waals surface area contributed by atoms with Crippen LogP contribution in [0.5, 0.6) is 5.75 Å². The fourth-order valence-corrected chi connectivity index (χ4v) is 2.83. The Morgan fingerprint density at radius 3 is 2.41 bits per heavy atom. The topological polar surface area (TPSA) is 74.6 Å². The zero-order chi connectivity index (χ0) is 15.0. The molecule has 2 aromatic rings. The normalized spacial score (nSPS) is 15.7. The van der Waals surface area contributed by atoms with Gasteiger partial charge in [-0.3, -0.25) is 9.59 Å². The Hall–Kier alpha value is -1.62. The number of fused-ring (bicyclic) bond motifs is 1. The molecule has 4 nitrogen and oxygen atoms in total. The van der Waals surface area contributed by atoms with Crippen molar-refractivity contribution in [3.05, 3.63) is 64.7 Å². The number of hydrogen-bond acceptors (Lipinski definition) is 3. The van der Waals surface area contributed by atoms with Gasteiger partial charge in [0, 0.05) is 5.56 Å². The number of carbonyl (C=O) groups is 2. The number of carboxylic acid groups (broad SMARTS) is 1. The first-order valence-corrected chi connectivity index (χ1v) is 6.76. The van der Waals surface area contributed by atoms with Crippen molar-refractivity contribution in [3.63, 3.8) is 0 Å². The van der Waals surface area contributed by atoms with Crippen LogP contribution in [0, 0.1) is 0 Å². The molecule has 1 aliphatic rings. The van der Waals surface area contributed by atoms with Crippen LogP contribution in [-0.4, -0.2) is 51.5 Å². The molecule has 108 valence electrons. The number of carbonyl (C=O) groups excluding carboxylic acids is 1. The monoisotopic (exact) mass is 306 g/mol. The molecule has 2 N–H and O–H groups in total. The van der Waals surface area contributed by atoms with Gasteiger partial charge >= 0.3 is 35.5 Å². The molecule has 2 aromatic carbocycles. The summed E-state index contributed by atoms with van der Waals surface area (Å²) in [6.45, 7) is 0. The van der Waals surface area contributed by atoms with Crippen LogP contribution in [0.3, 0.4) is 0 Å². The second-order valence-corrected chi connectivity index (χ2v) is 5.19. The van der Waals surface area contributed by atoms with Crippen molar-refractivity contribution in [1.29, 1.82) is 0 Å². The fraction of sp³-hybridized carbons (Fsp3) is 0.176. The van der Waals surface area contributed by atoms with E-state index in [1.807, 2.05) is 6.07 Å². The van der Waals surface area contributed by atoms with Crippen LogP contribution in [0.4, 0.5) is 0 Å². The third kappa shape index (κ3) is 2.95. The van der Waals surface area contributed by atoms with Gasteiger partial charge in [0.25, 0.3) is 0 Å². The quantitative estimate of drug-likeness (QED) is 0.672. The van der Waals surface area contributed by atoms with Gasteiger partial charge in [-0.1, -0.05) is 30.3 Å². The average Bonchev–Trinajstić information content (AvgIpc) is 2.89. The van der Waals surface area contributed by atoms with Gasteiger partial charge < -0.3 is 10.2 Å². The first-order valence-electron chi connectivity index (χ1n) is 6.76. The van der Waals surface area contributed by atoms with E-state index in [2.05, 4.69) is 0 Å². The molecule has 0 spiro atoms. The van der Waals surface area contributed by atoms with E-state index >= 15 is 0 Å². The summed E-state index contributed by atoms with van der Waals surface area (Å²) in [5.74, 6) is -1.90. The zero-order valence-corrected chi connectivity index (χ0v) is 11.2. The summed E-state index contributed by atoms with van der Waals surface area (Å²) in [7, 11) is 0. The molecule has 0 aromatic heterocycles. The van der Waals surface area contributed by atoms with Crippen molar-refractivity contribution < 1.29 is 19.8 Å². The van der Waals surface area contributed by atoms with E-state index in [0.717, 1.165) is 5.56 Å². The number of ketones is 1. The Balaban J connectivity index is 0.00000176. The summed E-state index contributed by atoms with van der Waals surface area (Å²) in [6, 6.07) is 11.8. The summed E-state index contributed by atoms with van der Waals surface area (Å²) in [5, 5.41) is 19.3. The third-order valence-corrected chi connectivity index (χ3v) is 3.91. The van der Waals surface area contributed by atoms with E-state index in [9.17, 15) is 14.7 Å². The van der Waals surface area contributed by atoms with Crippen molar-refractivity contribution in [2.24, 2.45) is 0 Å². The van der Waals surface area contributed by atoms with Crippen LogP contribution < -0.4 is 0 Å². The number of carboxylic acids is 1. The molecule has 0 fully saturated rings. The first-order chi connectivity index (χ1) is 10.1. The molecule has 0 amide bonds. The summed E-state index contributed by atoms with van der Waals surface area (Å²) in [4.78, 5) is 23.6.